The van der Waals surface area contributed by atoms with Gasteiger partial charge in [0.05, 0.1) is 4.88 Å². The van der Waals surface area contributed by atoms with Crippen molar-refractivity contribution in [3.63, 3.8) is 0 Å². The van der Waals surface area contributed by atoms with Crippen LogP contribution in [0.15, 0.2) is 30.3 Å². The standard InChI is InChI=1S/C18H18OS/c19-18(17-11-15-5-2-6-16(15)20-17)14-9-7-13(8-10-14)12-3-1-4-12/h7-12H,1-6H2. The fraction of sp³-hybridized carbons (Fsp3) is 0.389. The summed E-state index contributed by atoms with van der Waals surface area (Å²) in [4.78, 5) is 14.9. The normalized spacial score (nSPS) is 17.8. The van der Waals surface area contributed by atoms with Crippen molar-refractivity contribution in [2.75, 3.05) is 0 Å². The van der Waals surface area contributed by atoms with Crippen molar-refractivity contribution < 1.29 is 4.79 Å². The molecule has 0 radical (unpaired) electrons. The molecular weight excluding hydrogens is 264 g/mol. The zero-order valence-electron chi connectivity index (χ0n) is 11.5. The molecule has 0 N–H and O–H groups in total. The molecule has 1 heterocycles. The summed E-state index contributed by atoms with van der Waals surface area (Å²) in [6.07, 6.45) is 7.54. The third kappa shape index (κ3) is 2.03. The molecule has 0 atom stereocenters. The summed E-state index contributed by atoms with van der Waals surface area (Å²) in [5.74, 6) is 0.939. The van der Waals surface area contributed by atoms with Crippen LogP contribution in [0, 0.1) is 0 Å². The van der Waals surface area contributed by atoms with Crippen LogP contribution >= 0.6 is 11.3 Å². The third-order valence-electron chi connectivity index (χ3n) is 4.72. The molecule has 4 rings (SSSR count). The highest BCUT2D eigenvalue weighted by atomic mass is 32.1. The lowest BCUT2D eigenvalue weighted by Crippen LogP contribution is -2.09. The molecule has 0 spiro atoms. The molecular formula is C18H18OS. The van der Waals surface area contributed by atoms with Crippen LogP contribution in [0.2, 0.25) is 0 Å². The number of thiophene rings is 1. The average molecular weight is 282 g/mol. The van der Waals surface area contributed by atoms with Crippen LogP contribution in [-0.2, 0) is 12.8 Å². The molecule has 1 nitrogen and oxygen atoms in total. The molecule has 2 heteroatoms. The largest absolute Gasteiger partial charge is 0.288 e. The van der Waals surface area contributed by atoms with Crippen LogP contribution in [0.4, 0.5) is 0 Å². The number of ketones is 1. The SMILES string of the molecule is O=C(c1ccc(C2CCC2)cc1)c1cc2c(s1)CCC2. The summed E-state index contributed by atoms with van der Waals surface area (Å²) in [6, 6.07) is 10.5. The number of rotatable bonds is 3. The summed E-state index contributed by atoms with van der Waals surface area (Å²) < 4.78 is 0. The second-order valence-corrected chi connectivity index (χ2v) is 7.13. The van der Waals surface area contributed by atoms with E-state index in [2.05, 4.69) is 18.2 Å². The molecule has 2 aromatic rings. The summed E-state index contributed by atoms with van der Waals surface area (Å²) in [6.45, 7) is 0. The lowest BCUT2D eigenvalue weighted by molar-refractivity contribution is 0.104. The monoisotopic (exact) mass is 282 g/mol. The maximum Gasteiger partial charge on any atom is 0.202 e. The Balaban J connectivity index is 1.57. The van der Waals surface area contributed by atoms with Crippen molar-refractivity contribution in [1.29, 1.82) is 0 Å². The van der Waals surface area contributed by atoms with Gasteiger partial charge >= 0.3 is 0 Å². The van der Waals surface area contributed by atoms with Gasteiger partial charge in [0.2, 0.25) is 5.78 Å². The second kappa shape index (κ2) is 4.85. The van der Waals surface area contributed by atoms with Gasteiger partial charge in [0.15, 0.2) is 0 Å². The molecule has 0 saturated heterocycles. The Morgan fingerprint density at radius 1 is 1.05 bits per heavy atom. The van der Waals surface area contributed by atoms with Gasteiger partial charge < -0.3 is 0 Å². The van der Waals surface area contributed by atoms with E-state index in [0.717, 1.165) is 29.2 Å². The van der Waals surface area contributed by atoms with Gasteiger partial charge in [0.1, 0.15) is 0 Å². The van der Waals surface area contributed by atoms with E-state index < -0.39 is 0 Å². The molecule has 1 aromatic heterocycles. The summed E-state index contributed by atoms with van der Waals surface area (Å²) >= 11 is 1.70. The van der Waals surface area contributed by atoms with E-state index >= 15 is 0 Å². The first-order chi connectivity index (χ1) is 9.81. The summed E-state index contributed by atoms with van der Waals surface area (Å²) in [7, 11) is 0. The predicted octanol–water partition coefficient (Wildman–Crippen LogP) is 4.74. The Bertz CT molecular complexity index is 625. The van der Waals surface area contributed by atoms with Gasteiger partial charge in [-0.05, 0) is 55.2 Å². The Labute approximate surface area is 123 Å². The van der Waals surface area contributed by atoms with Crippen molar-refractivity contribution in [1.82, 2.24) is 0 Å². The fourth-order valence-electron chi connectivity index (χ4n) is 3.23. The second-order valence-electron chi connectivity index (χ2n) is 5.99. The number of carbonyl (C=O) groups excluding carboxylic acids is 1. The minimum absolute atomic E-state index is 0.199. The lowest BCUT2D eigenvalue weighted by Gasteiger charge is -2.25. The van der Waals surface area contributed by atoms with Crippen molar-refractivity contribution >= 4 is 17.1 Å². The fourth-order valence-corrected chi connectivity index (χ4v) is 4.45. The molecule has 1 aromatic carbocycles. The lowest BCUT2D eigenvalue weighted by atomic mass is 9.80. The van der Waals surface area contributed by atoms with Crippen molar-refractivity contribution in [3.05, 3.63) is 56.8 Å². The summed E-state index contributed by atoms with van der Waals surface area (Å²) in [5, 5.41) is 0. The Hall–Kier alpha value is -1.41. The van der Waals surface area contributed by atoms with Gasteiger partial charge in [-0.15, -0.1) is 11.3 Å². The van der Waals surface area contributed by atoms with Crippen LogP contribution in [-0.4, -0.2) is 5.78 Å². The topological polar surface area (TPSA) is 17.1 Å². The Kier molecular flexibility index (Phi) is 2.99. The van der Waals surface area contributed by atoms with Crippen LogP contribution in [0.1, 0.15) is 62.8 Å². The van der Waals surface area contributed by atoms with Gasteiger partial charge in [-0.2, -0.15) is 0 Å². The van der Waals surface area contributed by atoms with Crippen LogP contribution in [0.5, 0.6) is 0 Å². The highest BCUT2D eigenvalue weighted by molar-refractivity contribution is 7.14. The molecule has 2 aliphatic carbocycles. The number of aryl methyl sites for hydroxylation is 2. The van der Waals surface area contributed by atoms with E-state index in [1.165, 1.54) is 41.7 Å². The first kappa shape index (κ1) is 12.3. The van der Waals surface area contributed by atoms with Crippen molar-refractivity contribution in [2.45, 2.75) is 44.4 Å². The smallest absolute Gasteiger partial charge is 0.202 e. The average Bonchev–Trinajstić information content (AvgIpc) is 2.97. The van der Waals surface area contributed by atoms with Crippen molar-refractivity contribution in [2.24, 2.45) is 0 Å². The maximum absolute atomic E-state index is 12.5. The van der Waals surface area contributed by atoms with Crippen LogP contribution < -0.4 is 0 Å². The molecule has 2 aliphatic rings. The van der Waals surface area contributed by atoms with E-state index in [1.807, 2.05) is 12.1 Å². The molecule has 102 valence electrons. The number of hydrogen-bond donors (Lipinski definition) is 0. The number of fused-ring (bicyclic) bond motifs is 1. The Morgan fingerprint density at radius 3 is 2.50 bits per heavy atom. The third-order valence-corrected chi connectivity index (χ3v) is 5.96. The maximum atomic E-state index is 12.5. The van der Waals surface area contributed by atoms with Crippen molar-refractivity contribution in [3.8, 4) is 0 Å². The predicted molar refractivity (Wildman–Crippen MR) is 82.8 cm³/mol. The van der Waals surface area contributed by atoms with Crippen LogP contribution in [0.25, 0.3) is 0 Å². The van der Waals surface area contributed by atoms with Crippen LogP contribution in [0.3, 0.4) is 0 Å². The quantitative estimate of drug-likeness (QED) is 0.743. The van der Waals surface area contributed by atoms with Gasteiger partial charge in [-0.25, -0.2) is 0 Å². The minimum Gasteiger partial charge on any atom is -0.288 e. The minimum atomic E-state index is 0.199. The number of hydrogen-bond acceptors (Lipinski definition) is 2. The van der Waals surface area contributed by atoms with Gasteiger partial charge in [0, 0.05) is 10.4 Å². The number of carbonyl (C=O) groups is 1. The van der Waals surface area contributed by atoms with Gasteiger partial charge in [-0.3, -0.25) is 4.79 Å². The zero-order chi connectivity index (χ0) is 13.5. The first-order valence-electron chi connectivity index (χ1n) is 7.57. The molecule has 0 amide bonds. The van der Waals surface area contributed by atoms with E-state index in [-0.39, 0.29) is 5.78 Å². The summed E-state index contributed by atoms with van der Waals surface area (Å²) in [5.41, 5.74) is 3.65. The van der Waals surface area contributed by atoms with Gasteiger partial charge in [0.25, 0.3) is 0 Å². The van der Waals surface area contributed by atoms with E-state index in [9.17, 15) is 4.79 Å². The van der Waals surface area contributed by atoms with E-state index in [0.29, 0.717) is 0 Å². The first-order valence-corrected chi connectivity index (χ1v) is 8.39. The van der Waals surface area contributed by atoms with Gasteiger partial charge in [-0.1, -0.05) is 30.7 Å². The highest BCUT2D eigenvalue weighted by Crippen LogP contribution is 2.36. The number of benzene rings is 1. The molecule has 0 bridgehead atoms. The molecule has 0 aliphatic heterocycles. The molecule has 20 heavy (non-hydrogen) atoms. The van der Waals surface area contributed by atoms with E-state index in [4.69, 9.17) is 0 Å². The van der Waals surface area contributed by atoms with E-state index in [1.54, 1.807) is 11.3 Å². The molecule has 1 fully saturated rings. The highest BCUT2D eigenvalue weighted by Gasteiger charge is 2.21. The zero-order valence-corrected chi connectivity index (χ0v) is 12.3. The Morgan fingerprint density at radius 2 is 1.85 bits per heavy atom. The molecule has 0 unspecified atom stereocenters. The molecule has 1 saturated carbocycles.